The van der Waals surface area contributed by atoms with Gasteiger partial charge >= 0.3 is 23.9 Å². The number of esters is 4. The number of carbonyl (C=O) groups is 4. The van der Waals surface area contributed by atoms with Crippen molar-refractivity contribution in [1.29, 1.82) is 0 Å². The minimum atomic E-state index is -1.64. The Kier molecular flexibility index (Phi) is 12.9. The van der Waals surface area contributed by atoms with Crippen LogP contribution in [-0.2, 0) is 19.1 Å². The topological polar surface area (TPSA) is 105 Å². The standard InChI is InChI=1S/C34H36Cl6O8/c1-7-17-13(3)15(5)19(17)11-45-31(41)25-27(39)21(35)9-23(37)29(25)47-33(43)34(44)48-30-24(38)10-22(36)28(40)26(30)32(42)46-12-20-16(6)14(4)18(20)8-2/h9-10,13-20H,7-8,11-12H2,1-6H3. The molecule has 0 aromatic heterocycles. The molecule has 2 saturated carbocycles. The van der Waals surface area contributed by atoms with Gasteiger partial charge in [0.2, 0.25) is 0 Å². The van der Waals surface area contributed by atoms with Crippen LogP contribution >= 0.6 is 69.6 Å². The second-order valence-corrected chi connectivity index (χ2v) is 15.0. The molecular weight excluding hydrogens is 749 g/mol. The maximum atomic E-state index is 13.3. The van der Waals surface area contributed by atoms with Crippen molar-refractivity contribution in [3.63, 3.8) is 0 Å². The van der Waals surface area contributed by atoms with Crippen LogP contribution in [0.4, 0.5) is 0 Å². The molecule has 0 spiro atoms. The van der Waals surface area contributed by atoms with Gasteiger partial charge in [-0.2, -0.15) is 0 Å². The molecule has 0 bridgehead atoms. The van der Waals surface area contributed by atoms with Gasteiger partial charge in [-0.15, -0.1) is 0 Å². The monoisotopic (exact) mass is 782 g/mol. The lowest BCUT2D eigenvalue weighted by Crippen LogP contribution is -2.46. The molecule has 0 saturated heterocycles. The molecule has 4 rings (SSSR count). The smallest absolute Gasteiger partial charge is 0.423 e. The molecule has 262 valence electrons. The van der Waals surface area contributed by atoms with Crippen molar-refractivity contribution in [3.05, 3.63) is 53.4 Å². The highest BCUT2D eigenvalue weighted by Gasteiger charge is 2.45. The van der Waals surface area contributed by atoms with E-state index in [1.165, 1.54) is 0 Å². The Hall–Kier alpha value is -1.94. The zero-order valence-electron chi connectivity index (χ0n) is 27.1. The third-order valence-electron chi connectivity index (χ3n) is 10.4. The van der Waals surface area contributed by atoms with Gasteiger partial charge in [0.1, 0.15) is 11.1 Å². The van der Waals surface area contributed by atoms with Crippen molar-refractivity contribution in [1.82, 2.24) is 0 Å². The summed E-state index contributed by atoms with van der Waals surface area (Å²) in [6.45, 7) is 12.8. The quantitative estimate of drug-likeness (QED) is 0.101. The molecule has 0 radical (unpaired) electrons. The predicted molar refractivity (Wildman–Crippen MR) is 186 cm³/mol. The third-order valence-corrected chi connectivity index (χ3v) is 12.6. The number of hydrogen-bond donors (Lipinski definition) is 0. The number of ether oxygens (including phenoxy) is 4. The first-order valence-electron chi connectivity index (χ1n) is 15.7. The lowest BCUT2D eigenvalue weighted by molar-refractivity contribution is -0.156. The van der Waals surface area contributed by atoms with Crippen molar-refractivity contribution in [2.24, 2.45) is 47.3 Å². The molecule has 48 heavy (non-hydrogen) atoms. The number of rotatable bonds is 10. The van der Waals surface area contributed by atoms with Gasteiger partial charge in [-0.1, -0.05) is 124 Å². The number of benzene rings is 2. The number of carbonyl (C=O) groups excluding carboxylic acids is 4. The average molecular weight is 785 g/mol. The van der Waals surface area contributed by atoms with E-state index >= 15 is 0 Å². The Morgan fingerprint density at radius 1 is 0.542 bits per heavy atom. The largest absolute Gasteiger partial charge is 0.462 e. The Balaban J connectivity index is 1.54. The van der Waals surface area contributed by atoms with E-state index in [0.717, 1.165) is 25.0 Å². The summed E-state index contributed by atoms with van der Waals surface area (Å²) in [7, 11) is 0. The fraction of sp³-hybridized carbons (Fsp3) is 0.529. The molecule has 2 aliphatic rings. The van der Waals surface area contributed by atoms with E-state index in [0.29, 0.717) is 35.5 Å². The van der Waals surface area contributed by atoms with Crippen LogP contribution in [-0.4, -0.2) is 37.1 Å². The van der Waals surface area contributed by atoms with E-state index in [1.54, 1.807) is 0 Å². The maximum Gasteiger partial charge on any atom is 0.423 e. The maximum absolute atomic E-state index is 13.3. The zero-order valence-corrected chi connectivity index (χ0v) is 31.7. The van der Waals surface area contributed by atoms with Crippen molar-refractivity contribution < 1.29 is 38.1 Å². The van der Waals surface area contributed by atoms with Crippen molar-refractivity contribution in [2.75, 3.05) is 13.2 Å². The highest BCUT2D eigenvalue weighted by atomic mass is 35.5. The Morgan fingerprint density at radius 2 is 0.854 bits per heavy atom. The third kappa shape index (κ3) is 7.54. The first-order valence-corrected chi connectivity index (χ1v) is 17.9. The zero-order chi connectivity index (χ0) is 35.8. The molecule has 0 heterocycles. The van der Waals surface area contributed by atoms with Crippen molar-refractivity contribution in [3.8, 4) is 11.5 Å². The molecule has 2 aromatic rings. The minimum absolute atomic E-state index is 0.0885. The van der Waals surface area contributed by atoms with Crippen LogP contribution in [0.15, 0.2) is 12.1 Å². The summed E-state index contributed by atoms with van der Waals surface area (Å²) in [5, 5.41) is -1.46. The fourth-order valence-electron chi connectivity index (χ4n) is 7.21. The molecule has 2 aliphatic carbocycles. The predicted octanol–water partition coefficient (Wildman–Crippen LogP) is 10.3. The molecule has 14 heteroatoms. The summed E-state index contributed by atoms with van der Waals surface area (Å²) in [4.78, 5) is 52.7. The van der Waals surface area contributed by atoms with E-state index in [-0.39, 0.29) is 55.2 Å². The normalized spacial score (nSPS) is 26.2. The van der Waals surface area contributed by atoms with Crippen LogP contribution in [0.3, 0.4) is 0 Å². The van der Waals surface area contributed by atoms with Crippen LogP contribution in [0.1, 0.15) is 75.1 Å². The highest BCUT2D eigenvalue weighted by molar-refractivity contribution is 6.47. The second-order valence-electron chi connectivity index (χ2n) is 12.6. The summed E-state index contributed by atoms with van der Waals surface area (Å²) in [6, 6.07) is 2.27. The van der Waals surface area contributed by atoms with Crippen molar-refractivity contribution >= 4 is 93.5 Å². The summed E-state index contributed by atoms with van der Waals surface area (Å²) in [5.74, 6) is -3.78. The number of halogens is 6. The van der Waals surface area contributed by atoms with Crippen LogP contribution in [0.25, 0.3) is 0 Å². The fourth-order valence-corrected chi connectivity index (χ4v) is 8.64. The summed E-state index contributed by atoms with van der Waals surface area (Å²) < 4.78 is 21.6. The Labute approximate surface area is 309 Å². The van der Waals surface area contributed by atoms with E-state index in [4.69, 9.17) is 88.6 Å². The van der Waals surface area contributed by atoms with Crippen LogP contribution in [0.2, 0.25) is 30.1 Å². The summed E-state index contributed by atoms with van der Waals surface area (Å²) >= 11 is 37.6. The summed E-state index contributed by atoms with van der Waals surface area (Å²) in [5.41, 5.74) is -0.907. The molecular formula is C34H36Cl6O8. The second kappa shape index (κ2) is 15.9. The SMILES string of the molecule is CCC1C(C)C(C)C1COC(=O)c1c(Cl)c(Cl)cc(Cl)c1OC(=O)C(=O)Oc1c(Cl)cc(Cl)c(Cl)c1C(=O)OCC1C(C)C(C)C1CC. The average Bonchev–Trinajstić information content (AvgIpc) is 3.04. The molecule has 2 aromatic carbocycles. The van der Waals surface area contributed by atoms with Gasteiger partial charge in [-0.25, -0.2) is 19.2 Å². The van der Waals surface area contributed by atoms with E-state index in [9.17, 15) is 19.2 Å². The Bertz CT molecular complexity index is 1500. The van der Waals surface area contributed by atoms with Gasteiger partial charge in [-0.05, 0) is 59.5 Å². The first-order chi connectivity index (χ1) is 22.5. The molecule has 2 fully saturated rings. The van der Waals surface area contributed by atoms with Crippen molar-refractivity contribution in [2.45, 2.75) is 54.4 Å². The molecule has 8 unspecified atom stereocenters. The Morgan fingerprint density at radius 3 is 1.17 bits per heavy atom. The van der Waals surface area contributed by atoms with Gasteiger partial charge in [0.15, 0.2) is 11.5 Å². The van der Waals surface area contributed by atoms with Gasteiger partial charge in [-0.3, -0.25) is 0 Å². The lowest BCUT2D eigenvalue weighted by Gasteiger charge is -2.49. The van der Waals surface area contributed by atoms with Gasteiger partial charge in [0.05, 0.1) is 43.3 Å². The van der Waals surface area contributed by atoms with Gasteiger partial charge in [0.25, 0.3) is 0 Å². The number of hydrogen-bond acceptors (Lipinski definition) is 8. The summed E-state index contributed by atoms with van der Waals surface area (Å²) in [6.07, 6.45) is 1.84. The van der Waals surface area contributed by atoms with Gasteiger partial charge < -0.3 is 18.9 Å². The van der Waals surface area contributed by atoms with E-state index < -0.39 is 46.5 Å². The van der Waals surface area contributed by atoms with Crippen LogP contribution in [0.5, 0.6) is 11.5 Å². The molecule has 0 N–H and O–H groups in total. The minimum Gasteiger partial charge on any atom is -0.462 e. The molecule has 8 atom stereocenters. The molecule has 8 nitrogen and oxygen atoms in total. The molecule has 0 amide bonds. The lowest BCUT2D eigenvalue weighted by atomic mass is 9.57. The van der Waals surface area contributed by atoms with Crippen LogP contribution in [0, 0.1) is 47.3 Å². The van der Waals surface area contributed by atoms with E-state index in [2.05, 4.69) is 41.5 Å². The van der Waals surface area contributed by atoms with Crippen LogP contribution < -0.4 is 9.47 Å². The molecule has 0 aliphatic heterocycles. The van der Waals surface area contributed by atoms with E-state index in [1.807, 2.05) is 0 Å². The first kappa shape index (κ1) is 38.9. The highest BCUT2D eigenvalue weighted by Crippen LogP contribution is 2.49. The van der Waals surface area contributed by atoms with Gasteiger partial charge in [0, 0.05) is 0 Å².